The number of amides is 1. The fraction of sp³-hybridized carbons (Fsp3) is 0.526. The maximum atomic E-state index is 12.5. The zero-order valence-corrected chi connectivity index (χ0v) is 14.3. The quantitative estimate of drug-likeness (QED) is 0.835. The molecule has 6 nitrogen and oxygen atoms in total. The predicted octanol–water partition coefficient (Wildman–Crippen LogP) is 3.15. The van der Waals surface area contributed by atoms with Crippen molar-refractivity contribution in [2.24, 2.45) is 5.92 Å². The Morgan fingerprint density at radius 3 is 2.80 bits per heavy atom. The number of carbonyl (C=O) groups is 1. The summed E-state index contributed by atoms with van der Waals surface area (Å²) in [6, 6.07) is 9.57. The average Bonchev–Trinajstić information content (AvgIpc) is 3.08. The second-order valence-electron chi connectivity index (χ2n) is 6.90. The van der Waals surface area contributed by atoms with Crippen LogP contribution >= 0.6 is 0 Å². The molecule has 0 spiro atoms. The van der Waals surface area contributed by atoms with Gasteiger partial charge >= 0.3 is 0 Å². The first-order valence-corrected chi connectivity index (χ1v) is 9.09. The summed E-state index contributed by atoms with van der Waals surface area (Å²) in [5, 5.41) is 4.12. The van der Waals surface area contributed by atoms with Gasteiger partial charge in [-0.05, 0) is 37.8 Å². The van der Waals surface area contributed by atoms with Crippen molar-refractivity contribution in [2.75, 3.05) is 13.1 Å². The van der Waals surface area contributed by atoms with E-state index in [0.717, 1.165) is 38.0 Å². The number of carbonyl (C=O) groups excluding carboxylic acids is 1. The smallest absolute Gasteiger partial charge is 0.264 e. The van der Waals surface area contributed by atoms with Crippen molar-refractivity contribution < 1.29 is 14.1 Å². The minimum absolute atomic E-state index is 0.159. The highest BCUT2D eigenvalue weighted by Gasteiger charge is 2.33. The zero-order chi connectivity index (χ0) is 17.1. The first-order chi connectivity index (χ1) is 12.3. The molecule has 1 amide bonds. The van der Waals surface area contributed by atoms with Gasteiger partial charge in [-0.25, -0.2) is 0 Å². The first kappa shape index (κ1) is 16.1. The van der Waals surface area contributed by atoms with Crippen LogP contribution in [0.2, 0.25) is 0 Å². The Morgan fingerprint density at radius 1 is 1.20 bits per heavy atom. The van der Waals surface area contributed by atoms with E-state index in [-0.39, 0.29) is 18.4 Å². The van der Waals surface area contributed by atoms with Crippen molar-refractivity contribution in [3.05, 3.63) is 42.0 Å². The standard InChI is InChI=1S/C19H23N3O3/c23-19(14-6-4-7-14)22-11-5-8-15(12-22)18-20-17(25-21-18)13-24-16-9-2-1-3-10-16/h1-3,9-10,14-15H,4-8,11-13H2. The lowest BCUT2D eigenvalue weighted by Crippen LogP contribution is -2.44. The summed E-state index contributed by atoms with van der Waals surface area (Å²) in [5.41, 5.74) is 0. The van der Waals surface area contributed by atoms with Crippen molar-refractivity contribution in [3.8, 4) is 5.75 Å². The molecule has 4 rings (SSSR count). The van der Waals surface area contributed by atoms with Crippen LogP contribution < -0.4 is 4.74 Å². The Kier molecular flexibility index (Phi) is 4.68. The van der Waals surface area contributed by atoms with Gasteiger partial charge in [0.25, 0.3) is 5.89 Å². The molecule has 2 fully saturated rings. The molecule has 2 heterocycles. The maximum Gasteiger partial charge on any atom is 0.264 e. The summed E-state index contributed by atoms with van der Waals surface area (Å²) in [6.45, 7) is 1.82. The van der Waals surface area contributed by atoms with Gasteiger partial charge in [0.1, 0.15) is 5.75 Å². The van der Waals surface area contributed by atoms with Gasteiger partial charge in [-0.1, -0.05) is 29.8 Å². The fourth-order valence-corrected chi connectivity index (χ4v) is 3.46. The molecule has 1 unspecified atom stereocenters. The van der Waals surface area contributed by atoms with Crippen LogP contribution in [0, 0.1) is 5.92 Å². The lowest BCUT2D eigenvalue weighted by Gasteiger charge is -2.36. The van der Waals surface area contributed by atoms with E-state index < -0.39 is 0 Å². The van der Waals surface area contributed by atoms with E-state index in [1.807, 2.05) is 35.2 Å². The molecule has 1 aromatic heterocycles. The van der Waals surface area contributed by atoms with E-state index in [1.165, 1.54) is 6.42 Å². The van der Waals surface area contributed by atoms with Crippen LogP contribution in [0.5, 0.6) is 5.75 Å². The highest BCUT2D eigenvalue weighted by atomic mass is 16.5. The van der Waals surface area contributed by atoms with Crippen molar-refractivity contribution in [1.82, 2.24) is 15.0 Å². The number of para-hydroxylation sites is 1. The summed E-state index contributed by atoms with van der Waals surface area (Å²) in [4.78, 5) is 18.9. The van der Waals surface area contributed by atoms with Gasteiger partial charge in [0.2, 0.25) is 5.91 Å². The van der Waals surface area contributed by atoms with Crippen LogP contribution in [-0.2, 0) is 11.4 Å². The van der Waals surface area contributed by atoms with Crippen molar-refractivity contribution in [1.29, 1.82) is 0 Å². The molecule has 132 valence electrons. The molecule has 0 bridgehead atoms. The number of ether oxygens (including phenoxy) is 1. The van der Waals surface area contributed by atoms with Gasteiger partial charge in [0.05, 0.1) is 0 Å². The lowest BCUT2D eigenvalue weighted by atomic mass is 9.83. The molecular weight excluding hydrogens is 318 g/mol. The van der Waals surface area contributed by atoms with E-state index in [0.29, 0.717) is 24.2 Å². The number of likely N-dealkylation sites (tertiary alicyclic amines) is 1. The van der Waals surface area contributed by atoms with Gasteiger partial charge in [-0.2, -0.15) is 4.98 Å². The topological polar surface area (TPSA) is 68.5 Å². The molecule has 1 atom stereocenters. The Balaban J connectivity index is 1.35. The second kappa shape index (κ2) is 7.25. The second-order valence-corrected chi connectivity index (χ2v) is 6.90. The fourth-order valence-electron chi connectivity index (χ4n) is 3.46. The molecule has 25 heavy (non-hydrogen) atoms. The molecule has 6 heteroatoms. The number of hydrogen-bond acceptors (Lipinski definition) is 5. The summed E-state index contributed by atoms with van der Waals surface area (Å²) in [6.07, 6.45) is 5.26. The third kappa shape index (κ3) is 3.67. The number of aromatic nitrogens is 2. The lowest BCUT2D eigenvalue weighted by molar-refractivity contribution is -0.139. The molecule has 1 saturated carbocycles. The van der Waals surface area contributed by atoms with Crippen LogP contribution in [0.4, 0.5) is 0 Å². The van der Waals surface area contributed by atoms with Crippen LogP contribution in [0.25, 0.3) is 0 Å². The highest BCUT2D eigenvalue weighted by Crippen LogP contribution is 2.32. The number of hydrogen-bond donors (Lipinski definition) is 0. The van der Waals surface area contributed by atoms with Gasteiger partial charge in [-0.15, -0.1) is 0 Å². The predicted molar refractivity (Wildman–Crippen MR) is 91.0 cm³/mol. The van der Waals surface area contributed by atoms with Crippen molar-refractivity contribution in [2.45, 2.75) is 44.6 Å². The Labute approximate surface area is 147 Å². The van der Waals surface area contributed by atoms with Crippen molar-refractivity contribution in [3.63, 3.8) is 0 Å². The molecule has 0 N–H and O–H groups in total. The number of piperidine rings is 1. The maximum absolute atomic E-state index is 12.5. The molecule has 1 saturated heterocycles. The van der Waals surface area contributed by atoms with E-state index in [9.17, 15) is 4.79 Å². The van der Waals surface area contributed by atoms with Gasteiger partial charge in [0.15, 0.2) is 12.4 Å². The van der Waals surface area contributed by atoms with Gasteiger partial charge < -0.3 is 14.2 Å². The minimum atomic E-state index is 0.159. The number of nitrogens with zero attached hydrogens (tertiary/aromatic N) is 3. The van der Waals surface area contributed by atoms with Gasteiger partial charge in [0, 0.05) is 24.9 Å². The van der Waals surface area contributed by atoms with E-state index in [2.05, 4.69) is 10.1 Å². The normalized spacial score (nSPS) is 21.0. The molecule has 2 aromatic rings. The van der Waals surface area contributed by atoms with E-state index >= 15 is 0 Å². The third-order valence-corrected chi connectivity index (χ3v) is 5.14. The number of rotatable bonds is 5. The van der Waals surface area contributed by atoms with E-state index in [4.69, 9.17) is 9.26 Å². The van der Waals surface area contributed by atoms with Crippen LogP contribution in [0.3, 0.4) is 0 Å². The molecule has 1 aliphatic carbocycles. The monoisotopic (exact) mass is 341 g/mol. The van der Waals surface area contributed by atoms with Crippen LogP contribution in [0.1, 0.15) is 49.7 Å². The largest absolute Gasteiger partial charge is 0.484 e. The summed E-state index contributed by atoms with van der Waals surface area (Å²) in [5.74, 6) is 2.66. The average molecular weight is 341 g/mol. The molecule has 1 aromatic carbocycles. The molecule has 1 aliphatic heterocycles. The molecule has 2 aliphatic rings. The van der Waals surface area contributed by atoms with E-state index in [1.54, 1.807) is 0 Å². The Bertz CT molecular complexity index is 712. The summed E-state index contributed by atoms with van der Waals surface area (Å²) in [7, 11) is 0. The molecule has 0 radical (unpaired) electrons. The number of benzene rings is 1. The van der Waals surface area contributed by atoms with Crippen LogP contribution in [0.15, 0.2) is 34.9 Å². The van der Waals surface area contributed by atoms with Crippen molar-refractivity contribution >= 4 is 5.91 Å². The SMILES string of the molecule is O=C(C1CCC1)N1CCCC(c2noc(COc3ccccc3)n2)C1. The minimum Gasteiger partial charge on any atom is -0.484 e. The Morgan fingerprint density at radius 2 is 2.04 bits per heavy atom. The Hall–Kier alpha value is -2.37. The van der Waals surface area contributed by atoms with Crippen LogP contribution in [-0.4, -0.2) is 34.0 Å². The highest BCUT2D eigenvalue weighted by molar-refractivity contribution is 5.79. The summed E-state index contributed by atoms with van der Waals surface area (Å²) < 4.78 is 11.0. The third-order valence-electron chi connectivity index (χ3n) is 5.14. The first-order valence-electron chi connectivity index (χ1n) is 9.09. The summed E-state index contributed by atoms with van der Waals surface area (Å²) >= 11 is 0. The molecular formula is C19H23N3O3. The zero-order valence-electron chi connectivity index (χ0n) is 14.3. The van der Waals surface area contributed by atoms with Gasteiger partial charge in [-0.3, -0.25) is 4.79 Å².